The third kappa shape index (κ3) is 7.89. The van der Waals surface area contributed by atoms with Crippen molar-refractivity contribution in [2.75, 3.05) is 18.8 Å². The van der Waals surface area contributed by atoms with E-state index in [1.165, 1.54) is 11.8 Å². The quantitative estimate of drug-likeness (QED) is 0.799. The fourth-order valence-electron chi connectivity index (χ4n) is 1.19. The van der Waals surface area contributed by atoms with Crippen molar-refractivity contribution in [1.82, 2.24) is 5.32 Å². The first-order valence-corrected chi connectivity index (χ1v) is 7.13. The number of benzene rings is 1. The number of amides is 1. The van der Waals surface area contributed by atoms with Crippen molar-refractivity contribution in [3.8, 4) is 0 Å². The van der Waals surface area contributed by atoms with E-state index in [9.17, 15) is 13.6 Å². The first-order chi connectivity index (χ1) is 8.93. The largest absolute Gasteiger partial charge is 0.349 e. The molecule has 0 saturated heterocycles. The molecule has 0 saturated carbocycles. The molecule has 0 aromatic heterocycles. The lowest BCUT2D eigenvalue weighted by Gasteiger charge is -2.14. The second-order valence-corrected chi connectivity index (χ2v) is 5.38. The van der Waals surface area contributed by atoms with Crippen LogP contribution in [0, 0.1) is 0 Å². The van der Waals surface area contributed by atoms with Crippen molar-refractivity contribution >= 4 is 41.7 Å². The van der Waals surface area contributed by atoms with E-state index in [-0.39, 0.29) is 18.2 Å². The standard InChI is InChI=1S/C12H15ClF2N2OS.ClH/c13-10-3-1-9(2-4-10)5-19-6-11(18)17-8-12(14,15)7-16;/h1-4H,5-8,16H2,(H,17,18);1H. The van der Waals surface area contributed by atoms with Crippen molar-refractivity contribution in [3.63, 3.8) is 0 Å². The highest BCUT2D eigenvalue weighted by molar-refractivity contribution is 7.99. The van der Waals surface area contributed by atoms with Crippen LogP contribution < -0.4 is 11.1 Å². The summed E-state index contributed by atoms with van der Waals surface area (Å²) in [6.45, 7) is -1.49. The molecule has 8 heteroatoms. The van der Waals surface area contributed by atoms with E-state index >= 15 is 0 Å². The second-order valence-electron chi connectivity index (χ2n) is 3.96. The minimum Gasteiger partial charge on any atom is -0.349 e. The maximum absolute atomic E-state index is 12.8. The highest BCUT2D eigenvalue weighted by Gasteiger charge is 2.26. The molecule has 1 rings (SSSR count). The number of carbonyl (C=O) groups excluding carboxylic acids is 1. The number of hydrogen-bond donors (Lipinski definition) is 2. The average molecular weight is 345 g/mol. The molecule has 0 fully saturated rings. The van der Waals surface area contributed by atoms with Gasteiger partial charge in [-0.1, -0.05) is 23.7 Å². The van der Waals surface area contributed by atoms with Gasteiger partial charge < -0.3 is 11.1 Å². The number of halogens is 4. The van der Waals surface area contributed by atoms with Gasteiger partial charge in [0.05, 0.1) is 18.8 Å². The van der Waals surface area contributed by atoms with Gasteiger partial charge in [0.1, 0.15) is 0 Å². The number of rotatable bonds is 7. The van der Waals surface area contributed by atoms with E-state index in [0.29, 0.717) is 10.8 Å². The highest BCUT2D eigenvalue weighted by Crippen LogP contribution is 2.15. The van der Waals surface area contributed by atoms with Crippen LogP contribution in [0.2, 0.25) is 5.02 Å². The molecule has 0 aliphatic heterocycles. The predicted molar refractivity (Wildman–Crippen MR) is 81.9 cm³/mol. The Labute approximate surface area is 132 Å². The van der Waals surface area contributed by atoms with E-state index in [2.05, 4.69) is 5.32 Å². The van der Waals surface area contributed by atoms with Crippen molar-refractivity contribution in [1.29, 1.82) is 0 Å². The van der Waals surface area contributed by atoms with Gasteiger partial charge in [-0.2, -0.15) is 0 Å². The Kier molecular flexibility index (Phi) is 9.13. The number of alkyl halides is 2. The number of nitrogens with two attached hydrogens (primary N) is 1. The van der Waals surface area contributed by atoms with Crippen LogP contribution in [0.25, 0.3) is 0 Å². The summed E-state index contributed by atoms with van der Waals surface area (Å²) in [6, 6.07) is 7.24. The summed E-state index contributed by atoms with van der Waals surface area (Å²) in [4.78, 5) is 11.3. The maximum Gasteiger partial charge on any atom is 0.277 e. The van der Waals surface area contributed by atoms with E-state index in [0.717, 1.165) is 5.56 Å². The molecule has 3 nitrogen and oxygen atoms in total. The summed E-state index contributed by atoms with van der Waals surface area (Å²) in [5.74, 6) is -2.72. The lowest BCUT2D eigenvalue weighted by atomic mass is 10.2. The monoisotopic (exact) mass is 344 g/mol. The third-order valence-electron chi connectivity index (χ3n) is 2.26. The van der Waals surface area contributed by atoms with E-state index in [1.807, 2.05) is 12.1 Å². The lowest BCUT2D eigenvalue weighted by molar-refractivity contribution is -0.120. The molecular weight excluding hydrogens is 329 g/mol. The fourth-order valence-corrected chi connectivity index (χ4v) is 2.14. The van der Waals surface area contributed by atoms with Gasteiger partial charge in [0.15, 0.2) is 0 Å². The summed E-state index contributed by atoms with van der Waals surface area (Å²) in [5, 5.41) is 2.81. The molecule has 0 aliphatic carbocycles. The first-order valence-electron chi connectivity index (χ1n) is 5.60. The third-order valence-corrected chi connectivity index (χ3v) is 3.51. The molecule has 0 aliphatic rings. The van der Waals surface area contributed by atoms with E-state index in [1.54, 1.807) is 12.1 Å². The first kappa shape index (κ1) is 19.4. The van der Waals surface area contributed by atoms with Crippen LogP contribution in [-0.2, 0) is 10.5 Å². The van der Waals surface area contributed by atoms with Crippen LogP contribution in [0.4, 0.5) is 8.78 Å². The van der Waals surface area contributed by atoms with Gasteiger partial charge in [0.2, 0.25) is 5.91 Å². The lowest BCUT2D eigenvalue weighted by Crippen LogP contribution is -2.42. The summed E-state index contributed by atoms with van der Waals surface area (Å²) in [5.41, 5.74) is 5.89. The van der Waals surface area contributed by atoms with Crippen LogP contribution in [0.3, 0.4) is 0 Å². The molecule has 0 spiro atoms. The van der Waals surface area contributed by atoms with Crippen molar-refractivity contribution < 1.29 is 13.6 Å². The zero-order valence-electron chi connectivity index (χ0n) is 10.6. The van der Waals surface area contributed by atoms with E-state index < -0.39 is 24.9 Å². The molecule has 0 heterocycles. The van der Waals surface area contributed by atoms with Gasteiger partial charge in [0.25, 0.3) is 5.92 Å². The smallest absolute Gasteiger partial charge is 0.277 e. The zero-order valence-corrected chi connectivity index (χ0v) is 13.0. The van der Waals surface area contributed by atoms with Crippen molar-refractivity contribution in [3.05, 3.63) is 34.9 Å². The zero-order chi connectivity index (χ0) is 14.3. The van der Waals surface area contributed by atoms with E-state index in [4.69, 9.17) is 17.3 Å². The van der Waals surface area contributed by atoms with Crippen LogP contribution in [-0.4, -0.2) is 30.7 Å². The van der Waals surface area contributed by atoms with Gasteiger partial charge in [-0.15, -0.1) is 24.2 Å². The molecule has 1 aromatic carbocycles. The molecule has 0 atom stereocenters. The second kappa shape index (κ2) is 9.39. The molecule has 1 amide bonds. The van der Waals surface area contributed by atoms with Gasteiger partial charge in [-0.3, -0.25) is 4.79 Å². The molecular formula is C12H16Cl2F2N2OS. The topological polar surface area (TPSA) is 55.1 Å². The SMILES string of the molecule is Cl.NCC(F)(F)CNC(=O)CSCc1ccc(Cl)cc1. The highest BCUT2D eigenvalue weighted by atomic mass is 35.5. The van der Waals surface area contributed by atoms with Gasteiger partial charge in [-0.05, 0) is 17.7 Å². The minimum absolute atomic E-state index is 0. The summed E-state index contributed by atoms with van der Waals surface area (Å²) < 4.78 is 25.6. The Morgan fingerprint density at radius 1 is 1.35 bits per heavy atom. The number of nitrogens with one attached hydrogen (secondary N) is 1. The van der Waals surface area contributed by atoms with Gasteiger partial charge >= 0.3 is 0 Å². The van der Waals surface area contributed by atoms with Crippen LogP contribution in [0.1, 0.15) is 5.56 Å². The Morgan fingerprint density at radius 3 is 2.50 bits per heavy atom. The predicted octanol–water partition coefficient (Wildman–Crippen LogP) is 2.71. The molecule has 0 radical (unpaired) electrons. The molecule has 0 bridgehead atoms. The van der Waals surface area contributed by atoms with Crippen LogP contribution in [0.15, 0.2) is 24.3 Å². The Morgan fingerprint density at radius 2 is 1.95 bits per heavy atom. The number of carbonyl (C=O) groups is 1. The summed E-state index contributed by atoms with van der Waals surface area (Å²) in [7, 11) is 0. The Balaban J connectivity index is 0.00000361. The molecule has 20 heavy (non-hydrogen) atoms. The Bertz CT molecular complexity index is 418. The molecule has 0 unspecified atom stereocenters. The van der Waals surface area contributed by atoms with Crippen LogP contribution >= 0.6 is 35.8 Å². The summed E-state index contributed by atoms with van der Waals surface area (Å²) >= 11 is 7.09. The molecule has 114 valence electrons. The normalized spacial score (nSPS) is 10.8. The Hall–Kier alpha value is -0.560. The summed E-state index contributed by atoms with van der Waals surface area (Å²) in [6.07, 6.45) is 0. The van der Waals surface area contributed by atoms with Crippen molar-refractivity contribution in [2.45, 2.75) is 11.7 Å². The molecule has 1 aromatic rings. The van der Waals surface area contributed by atoms with Gasteiger partial charge in [-0.25, -0.2) is 8.78 Å². The minimum atomic E-state index is -3.05. The van der Waals surface area contributed by atoms with Crippen molar-refractivity contribution in [2.24, 2.45) is 5.73 Å². The average Bonchev–Trinajstić information content (AvgIpc) is 2.39. The maximum atomic E-state index is 12.8. The molecule has 3 N–H and O–H groups in total. The van der Waals surface area contributed by atoms with Gasteiger partial charge in [0, 0.05) is 10.8 Å². The fraction of sp³-hybridized carbons (Fsp3) is 0.417. The van der Waals surface area contributed by atoms with Crippen LogP contribution in [0.5, 0.6) is 0 Å². The number of hydrogen-bond acceptors (Lipinski definition) is 3. The number of thioether (sulfide) groups is 1.